The van der Waals surface area contributed by atoms with Crippen molar-refractivity contribution >= 4 is 33.2 Å². The van der Waals surface area contributed by atoms with Gasteiger partial charge >= 0.3 is 0 Å². The highest BCUT2D eigenvalue weighted by Crippen LogP contribution is 2.22. The molecule has 94 valence electrons. The van der Waals surface area contributed by atoms with Gasteiger partial charge in [-0.3, -0.25) is 0 Å². The van der Waals surface area contributed by atoms with Crippen molar-refractivity contribution in [3.05, 3.63) is 62.8 Å². The van der Waals surface area contributed by atoms with Gasteiger partial charge in [0.2, 0.25) is 0 Å². The zero-order chi connectivity index (χ0) is 13.1. The second-order valence-electron chi connectivity index (χ2n) is 4.05. The van der Waals surface area contributed by atoms with Crippen molar-refractivity contribution in [3.63, 3.8) is 0 Å². The van der Waals surface area contributed by atoms with Crippen molar-refractivity contribution in [2.24, 2.45) is 0 Å². The summed E-state index contributed by atoms with van der Waals surface area (Å²) in [5.41, 5.74) is 2.88. The molecule has 1 N–H and O–H groups in total. The minimum absolute atomic E-state index is 0.277. The second kappa shape index (κ2) is 5.72. The maximum Gasteiger partial charge on any atom is 0.123 e. The molecule has 0 saturated heterocycles. The fourth-order valence-corrected chi connectivity index (χ4v) is 2.14. The van der Waals surface area contributed by atoms with Crippen molar-refractivity contribution in [2.75, 3.05) is 5.32 Å². The smallest absolute Gasteiger partial charge is 0.123 e. The Hall–Kier alpha value is -1.06. The van der Waals surface area contributed by atoms with Crippen LogP contribution in [0.1, 0.15) is 11.1 Å². The molecule has 0 saturated carbocycles. The molecule has 0 aliphatic heterocycles. The van der Waals surface area contributed by atoms with Gasteiger partial charge in [0.05, 0.1) is 0 Å². The summed E-state index contributed by atoms with van der Waals surface area (Å²) in [5.74, 6) is -0.277. The zero-order valence-corrected chi connectivity index (χ0v) is 12.1. The Kier molecular flexibility index (Phi) is 4.25. The first-order chi connectivity index (χ1) is 8.56. The lowest BCUT2D eigenvalue weighted by Gasteiger charge is -2.09. The van der Waals surface area contributed by atoms with Gasteiger partial charge < -0.3 is 5.32 Å². The first-order valence-corrected chi connectivity index (χ1v) is 6.67. The Morgan fingerprint density at radius 1 is 1.22 bits per heavy atom. The van der Waals surface area contributed by atoms with Crippen LogP contribution in [0.3, 0.4) is 0 Å². The molecule has 0 bridgehead atoms. The maximum absolute atomic E-state index is 13.1. The number of hydrogen-bond donors (Lipinski definition) is 1. The summed E-state index contributed by atoms with van der Waals surface area (Å²) in [4.78, 5) is 0. The van der Waals surface area contributed by atoms with Crippen molar-refractivity contribution in [2.45, 2.75) is 13.5 Å². The van der Waals surface area contributed by atoms with E-state index < -0.39 is 0 Å². The van der Waals surface area contributed by atoms with Crippen molar-refractivity contribution in [1.82, 2.24) is 0 Å². The molecule has 2 rings (SSSR count). The van der Waals surface area contributed by atoms with Gasteiger partial charge in [-0.2, -0.15) is 0 Å². The van der Waals surface area contributed by atoms with E-state index in [1.54, 1.807) is 6.07 Å². The summed E-state index contributed by atoms with van der Waals surface area (Å²) >= 11 is 9.48. The van der Waals surface area contributed by atoms with E-state index in [1.807, 2.05) is 25.1 Å². The average molecular weight is 329 g/mol. The topological polar surface area (TPSA) is 12.0 Å². The summed E-state index contributed by atoms with van der Waals surface area (Å²) < 4.78 is 14.1. The van der Waals surface area contributed by atoms with E-state index in [0.29, 0.717) is 11.6 Å². The van der Waals surface area contributed by atoms with Crippen LogP contribution in [0.5, 0.6) is 0 Å². The van der Waals surface area contributed by atoms with Crippen LogP contribution >= 0.6 is 27.5 Å². The highest BCUT2D eigenvalue weighted by Gasteiger charge is 2.03. The number of halogens is 3. The summed E-state index contributed by atoms with van der Waals surface area (Å²) in [7, 11) is 0. The SMILES string of the molecule is Cc1ccc(NCc2cc(F)ccc2Cl)cc1Br. The summed E-state index contributed by atoms with van der Waals surface area (Å²) in [5, 5.41) is 3.78. The molecule has 0 aliphatic carbocycles. The molecule has 18 heavy (non-hydrogen) atoms. The van der Waals surface area contributed by atoms with Crippen molar-refractivity contribution in [1.29, 1.82) is 0 Å². The number of rotatable bonds is 3. The molecule has 0 atom stereocenters. The Morgan fingerprint density at radius 3 is 2.72 bits per heavy atom. The van der Waals surface area contributed by atoms with Gasteiger partial charge in [0.1, 0.15) is 5.82 Å². The number of anilines is 1. The van der Waals surface area contributed by atoms with Crippen LogP contribution in [0, 0.1) is 12.7 Å². The molecule has 0 heterocycles. The van der Waals surface area contributed by atoms with Crippen molar-refractivity contribution < 1.29 is 4.39 Å². The first kappa shape index (κ1) is 13.4. The third-order valence-electron chi connectivity index (χ3n) is 2.66. The van der Waals surface area contributed by atoms with E-state index in [2.05, 4.69) is 21.2 Å². The summed E-state index contributed by atoms with van der Waals surface area (Å²) in [6.45, 7) is 2.52. The molecular formula is C14H12BrClFN. The van der Waals surface area contributed by atoms with Crippen LogP contribution in [0.25, 0.3) is 0 Å². The first-order valence-electron chi connectivity index (χ1n) is 5.50. The van der Waals surface area contributed by atoms with Crippen LogP contribution in [-0.2, 0) is 6.54 Å². The fourth-order valence-electron chi connectivity index (χ4n) is 1.58. The molecular weight excluding hydrogens is 317 g/mol. The van der Waals surface area contributed by atoms with Gasteiger partial charge in [0.15, 0.2) is 0 Å². The molecule has 0 radical (unpaired) electrons. The van der Waals surface area contributed by atoms with Gasteiger partial charge in [-0.1, -0.05) is 33.6 Å². The number of nitrogens with one attached hydrogen (secondary N) is 1. The van der Waals surface area contributed by atoms with Crippen LogP contribution in [0.4, 0.5) is 10.1 Å². The molecule has 0 amide bonds. The predicted molar refractivity (Wildman–Crippen MR) is 77.6 cm³/mol. The molecule has 2 aromatic carbocycles. The van der Waals surface area contributed by atoms with Gasteiger partial charge in [-0.15, -0.1) is 0 Å². The lowest BCUT2D eigenvalue weighted by molar-refractivity contribution is 0.626. The monoisotopic (exact) mass is 327 g/mol. The Bertz CT molecular complexity index is 572. The van der Waals surface area contributed by atoms with Crippen LogP contribution in [0.15, 0.2) is 40.9 Å². The van der Waals surface area contributed by atoms with E-state index in [0.717, 1.165) is 15.7 Å². The number of benzene rings is 2. The molecule has 0 aromatic heterocycles. The molecule has 1 nitrogen and oxygen atoms in total. The van der Waals surface area contributed by atoms with E-state index in [9.17, 15) is 4.39 Å². The van der Waals surface area contributed by atoms with E-state index >= 15 is 0 Å². The average Bonchev–Trinajstić information content (AvgIpc) is 2.34. The summed E-state index contributed by atoms with van der Waals surface area (Å²) in [6.07, 6.45) is 0. The Morgan fingerprint density at radius 2 is 2.00 bits per heavy atom. The normalized spacial score (nSPS) is 10.4. The Labute approximate surface area is 119 Å². The van der Waals surface area contributed by atoms with E-state index in [-0.39, 0.29) is 5.82 Å². The van der Waals surface area contributed by atoms with Gasteiger partial charge in [0.25, 0.3) is 0 Å². The van der Waals surface area contributed by atoms with Gasteiger partial charge in [0, 0.05) is 21.7 Å². The molecule has 0 unspecified atom stereocenters. The van der Waals surface area contributed by atoms with Crippen LogP contribution in [-0.4, -0.2) is 0 Å². The predicted octanol–water partition coefficient (Wildman–Crippen LogP) is 5.16. The largest absolute Gasteiger partial charge is 0.381 e. The molecule has 4 heteroatoms. The maximum atomic E-state index is 13.1. The fraction of sp³-hybridized carbons (Fsp3) is 0.143. The number of aryl methyl sites for hydroxylation is 1. The third kappa shape index (κ3) is 3.24. The lowest BCUT2D eigenvalue weighted by atomic mass is 10.2. The standard InChI is InChI=1S/C14H12BrClFN/c1-9-2-4-12(7-13(9)15)18-8-10-6-11(17)3-5-14(10)16/h2-7,18H,8H2,1H3. The minimum atomic E-state index is -0.277. The van der Waals surface area contributed by atoms with Crippen LogP contribution < -0.4 is 5.32 Å². The molecule has 0 fully saturated rings. The van der Waals surface area contributed by atoms with E-state index in [1.165, 1.54) is 17.7 Å². The van der Waals surface area contributed by atoms with Gasteiger partial charge in [-0.05, 0) is 48.4 Å². The molecule has 0 aliphatic rings. The second-order valence-corrected chi connectivity index (χ2v) is 5.31. The third-order valence-corrected chi connectivity index (χ3v) is 3.89. The zero-order valence-electron chi connectivity index (χ0n) is 9.81. The van der Waals surface area contributed by atoms with Crippen molar-refractivity contribution in [3.8, 4) is 0 Å². The highest BCUT2D eigenvalue weighted by molar-refractivity contribution is 9.10. The minimum Gasteiger partial charge on any atom is -0.381 e. The molecule has 0 spiro atoms. The van der Waals surface area contributed by atoms with E-state index in [4.69, 9.17) is 11.6 Å². The molecule has 2 aromatic rings. The Balaban J connectivity index is 2.11. The lowest BCUT2D eigenvalue weighted by Crippen LogP contribution is -2.00. The highest BCUT2D eigenvalue weighted by atomic mass is 79.9. The summed E-state index contributed by atoms with van der Waals surface area (Å²) in [6, 6.07) is 10.3. The quantitative estimate of drug-likeness (QED) is 0.820. The van der Waals surface area contributed by atoms with Gasteiger partial charge in [-0.25, -0.2) is 4.39 Å². The number of hydrogen-bond acceptors (Lipinski definition) is 1. The van der Waals surface area contributed by atoms with Crippen LogP contribution in [0.2, 0.25) is 5.02 Å².